The maximum atomic E-state index is 12.7. The van der Waals surface area contributed by atoms with Crippen LogP contribution in [0.1, 0.15) is 43.5 Å². The number of carbonyl (C=O) groups is 3. The van der Waals surface area contributed by atoms with Gasteiger partial charge in [0.05, 0.1) is 5.56 Å². The molecule has 2 amide bonds. The number of amides is 2. The highest BCUT2D eigenvalue weighted by Gasteiger charge is 2.37. The lowest BCUT2D eigenvalue weighted by molar-refractivity contribution is -0.142. The molecule has 0 unspecified atom stereocenters. The first-order valence-corrected chi connectivity index (χ1v) is 8.63. The zero-order chi connectivity index (χ0) is 19.4. The van der Waals surface area contributed by atoms with E-state index in [9.17, 15) is 24.6 Å². The van der Waals surface area contributed by atoms with Gasteiger partial charge in [0.2, 0.25) is 5.91 Å². The maximum absolute atomic E-state index is 12.7. The molecule has 0 radical (unpaired) electrons. The molecule has 8 heteroatoms. The number of nitrogens with one attached hydrogen (secondary N) is 1. The summed E-state index contributed by atoms with van der Waals surface area (Å²) < 4.78 is 0. The molecule has 1 heterocycles. The summed E-state index contributed by atoms with van der Waals surface area (Å²) in [5, 5.41) is 21.8. The van der Waals surface area contributed by atoms with Crippen LogP contribution in [0.3, 0.4) is 0 Å². The Morgan fingerprint density at radius 1 is 1.35 bits per heavy atom. The smallest absolute Gasteiger partial charge is 0.326 e. The lowest BCUT2D eigenvalue weighted by Gasteiger charge is -2.26. The van der Waals surface area contributed by atoms with Crippen molar-refractivity contribution >= 4 is 23.5 Å². The van der Waals surface area contributed by atoms with Crippen LogP contribution in [-0.4, -0.2) is 51.5 Å². The Hall–Kier alpha value is -2.77. The number of aromatic hydroxyl groups is 1. The molecule has 1 aliphatic heterocycles. The van der Waals surface area contributed by atoms with E-state index in [1.165, 1.54) is 23.1 Å². The van der Waals surface area contributed by atoms with Crippen LogP contribution in [0.5, 0.6) is 5.75 Å². The number of rotatable bonds is 6. The monoisotopic (exact) mass is 363 g/mol. The number of carbonyl (C=O) groups excluding carboxylic acids is 2. The van der Waals surface area contributed by atoms with Gasteiger partial charge in [0, 0.05) is 12.2 Å². The lowest BCUT2D eigenvalue weighted by Crippen LogP contribution is -2.51. The van der Waals surface area contributed by atoms with E-state index in [-0.39, 0.29) is 17.2 Å². The number of nitrogens with zero attached hydrogens (tertiary/aromatic N) is 1. The molecule has 0 aliphatic carbocycles. The summed E-state index contributed by atoms with van der Waals surface area (Å²) in [5.41, 5.74) is 6.03. The van der Waals surface area contributed by atoms with Gasteiger partial charge in [-0.05, 0) is 43.4 Å². The Morgan fingerprint density at radius 3 is 2.65 bits per heavy atom. The van der Waals surface area contributed by atoms with Crippen molar-refractivity contribution in [2.24, 2.45) is 5.92 Å². The topological polar surface area (TPSA) is 133 Å². The van der Waals surface area contributed by atoms with Gasteiger partial charge >= 0.3 is 5.97 Å². The number of nitrogens with two attached hydrogens (primary N) is 1. The SMILES string of the molecule is CC(C)C[C@H](NC(=O)[C@@H]1CCCN1C(=O)c1cc(N)ccc1O)C(=O)O. The van der Waals surface area contributed by atoms with Gasteiger partial charge < -0.3 is 26.2 Å². The van der Waals surface area contributed by atoms with Crippen molar-refractivity contribution in [3.05, 3.63) is 23.8 Å². The molecule has 8 nitrogen and oxygen atoms in total. The number of phenolic OH excluding ortho intramolecular Hbond substituents is 1. The Labute approximate surface area is 152 Å². The fourth-order valence-corrected chi connectivity index (χ4v) is 3.12. The fourth-order valence-electron chi connectivity index (χ4n) is 3.12. The summed E-state index contributed by atoms with van der Waals surface area (Å²) in [4.78, 5) is 38.1. The third-order valence-electron chi connectivity index (χ3n) is 4.39. The van der Waals surface area contributed by atoms with Crippen molar-refractivity contribution in [2.45, 2.75) is 45.2 Å². The number of benzene rings is 1. The van der Waals surface area contributed by atoms with Crippen molar-refractivity contribution in [1.29, 1.82) is 0 Å². The number of nitrogen functional groups attached to an aromatic ring is 1. The average molecular weight is 363 g/mol. The van der Waals surface area contributed by atoms with Gasteiger partial charge in [-0.1, -0.05) is 13.8 Å². The Bertz CT molecular complexity index is 704. The van der Waals surface area contributed by atoms with Gasteiger partial charge in [-0.25, -0.2) is 4.79 Å². The number of likely N-dealkylation sites (tertiary alicyclic amines) is 1. The minimum absolute atomic E-state index is 0.0293. The van der Waals surface area contributed by atoms with Crippen molar-refractivity contribution < 1.29 is 24.6 Å². The molecule has 2 rings (SSSR count). The Morgan fingerprint density at radius 2 is 2.04 bits per heavy atom. The largest absolute Gasteiger partial charge is 0.507 e. The van der Waals surface area contributed by atoms with E-state index in [2.05, 4.69) is 5.32 Å². The molecule has 0 bridgehead atoms. The first-order chi connectivity index (χ1) is 12.2. The third-order valence-corrected chi connectivity index (χ3v) is 4.39. The minimum atomic E-state index is -1.10. The predicted octanol–water partition coefficient (Wildman–Crippen LogP) is 1.19. The van der Waals surface area contributed by atoms with Gasteiger partial charge in [-0.2, -0.15) is 0 Å². The van der Waals surface area contributed by atoms with Gasteiger partial charge in [0.1, 0.15) is 17.8 Å². The molecule has 0 aromatic heterocycles. The highest BCUT2D eigenvalue weighted by Crippen LogP contribution is 2.26. The second-order valence-electron chi connectivity index (χ2n) is 6.96. The van der Waals surface area contributed by atoms with E-state index >= 15 is 0 Å². The van der Waals surface area contributed by atoms with Crippen LogP contribution in [-0.2, 0) is 9.59 Å². The number of phenols is 1. The summed E-state index contributed by atoms with van der Waals surface area (Å²) in [7, 11) is 0. The van der Waals surface area contributed by atoms with Crippen LogP contribution in [0.25, 0.3) is 0 Å². The zero-order valence-electron chi connectivity index (χ0n) is 14.9. The van der Waals surface area contributed by atoms with Crippen LogP contribution in [0, 0.1) is 5.92 Å². The molecule has 2 atom stereocenters. The molecule has 0 saturated carbocycles. The van der Waals surface area contributed by atoms with E-state index in [1.807, 2.05) is 13.8 Å². The van der Waals surface area contributed by atoms with Crippen LogP contribution in [0.2, 0.25) is 0 Å². The van der Waals surface area contributed by atoms with Gasteiger partial charge in [-0.3, -0.25) is 9.59 Å². The number of carboxylic acid groups (broad SMARTS) is 1. The van der Waals surface area contributed by atoms with Crippen LogP contribution >= 0.6 is 0 Å². The molecule has 1 fully saturated rings. The molecular weight excluding hydrogens is 338 g/mol. The molecule has 0 spiro atoms. The van der Waals surface area contributed by atoms with Crippen molar-refractivity contribution in [3.63, 3.8) is 0 Å². The zero-order valence-corrected chi connectivity index (χ0v) is 14.9. The minimum Gasteiger partial charge on any atom is -0.507 e. The lowest BCUT2D eigenvalue weighted by atomic mass is 10.0. The summed E-state index contributed by atoms with van der Waals surface area (Å²) in [6.07, 6.45) is 1.36. The Kier molecular flexibility index (Phi) is 6.07. The van der Waals surface area contributed by atoms with Gasteiger partial charge in [0.15, 0.2) is 0 Å². The van der Waals surface area contributed by atoms with Crippen LogP contribution in [0.4, 0.5) is 5.69 Å². The average Bonchev–Trinajstić information content (AvgIpc) is 3.05. The quantitative estimate of drug-likeness (QED) is 0.443. The molecule has 5 N–H and O–H groups in total. The van der Waals surface area contributed by atoms with E-state index in [4.69, 9.17) is 5.73 Å². The molecule has 1 saturated heterocycles. The fraction of sp³-hybridized carbons (Fsp3) is 0.500. The van der Waals surface area contributed by atoms with Crippen LogP contribution < -0.4 is 11.1 Å². The highest BCUT2D eigenvalue weighted by molar-refractivity contribution is 6.01. The van der Waals surface area contributed by atoms with Gasteiger partial charge in [-0.15, -0.1) is 0 Å². The van der Waals surface area contributed by atoms with E-state index in [1.54, 1.807) is 0 Å². The predicted molar refractivity (Wildman–Crippen MR) is 95.6 cm³/mol. The summed E-state index contributed by atoms with van der Waals surface area (Å²) in [6.45, 7) is 4.10. The molecular formula is C18H25N3O5. The van der Waals surface area contributed by atoms with Gasteiger partial charge in [0.25, 0.3) is 5.91 Å². The summed E-state index contributed by atoms with van der Waals surface area (Å²) in [6, 6.07) is 2.41. The standard InChI is InChI=1S/C18H25N3O5/c1-10(2)8-13(18(25)26)20-16(23)14-4-3-7-21(14)17(24)12-9-11(19)5-6-15(12)22/h5-6,9-10,13-14,22H,3-4,7-8,19H2,1-2H3,(H,20,23)(H,25,26)/t13-,14-/m0/s1. The van der Waals surface area contributed by atoms with E-state index in [0.29, 0.717) is 31.5 Å². The number of hydrogen-bond acceptors (Lipinski definition) is 5. The first kappa shape index (κ1) is 19.6. The molecule has 1 aliphatic rings. The molecule has 26 heavy (non-hydrogen) atoms. The summed E-state index contributed by atoms with van der Waals surface area (Å²) in [5.74, 6) is -2.20. The number of aliphatic carboxylic acids is 1. The normalized spacial score (nSPS) is 18.0. The van der Waals surface area contributed by atoms with E-state index in [0.717, 1.165) is 0 Å². The van der Waals surface area contributed by atoms with Crippen molar-refractivity contribution in [1.82, 2.24) is 10.2 Å². The maximum Gasteiger partial charge on any atom is 0.326 e. The van der Waals surface area contributed by atoms with Crippen LogP contribution in [0.15, 0.2) is 18.2 Å². The second kappa shape index (κ2) is 8.07. The number of carboxylic acids is 1. The number of hydrogen-bond donors (Lipinski definition) is 4. The first-order valence-electron chi connectivity index (χ1n) is 8.63. The molecule has 1 aromatic carbocycles. The Balaban J connectivity index is 2.16. The van der Waals surface area contributed by atoms with E-state index < -0.39 is 29.9 Å². The molecule has 1 aromatic rings. The van der Waals surface area contributed by atoms with Crippen molar-refractivity contribution in [2.75, 3.05) is 12.3 Å². The second-order valence-corrected chi connectivity index (χ2v) is 6.96. The highest BCUT2D eigenvalue weighted by atomic mass is 16.4. The molecule has 142 valence electrons. The van der Waals surface area contributed by atoms with Crippen molar-refractivity contribution in [3.8, 4) is 5.75 Å². The third kappa shape index (κ3) is 4.44. The summed E-state index contributed by atoms with van der Waals surface area (Å²) >= 11 is 0. The number of anilines is 1.